The predicted molar refractivity (Wildman–Crippen MR) is 175 cm³/mol. The normalized spacial score (nSPS) is 16.5. The van der Waals surface area contributed by atoms with Gasteiger partial charge in [-0.3, -0.25) is 4.98 Å². The van der Waals surface area contributed by atoms with E-state index in [0.29, 0.717) is 5.11 Å². The average molecular weight is 573 g/mol. The molecular formula is C36H36N4OS. The van der Waals surface area contributed by atoms with Gasteiger partial charge in [0.1, 0.15) is 11.5 Å². The first-order chi connectivity index (χ1) is 20.2. The Morgan fingerprint density at radius 1 is 0.762 bits per heavy atom. The molecule has 1 aliphatic heterocycles. The standard InChI is InChI=1S/C36H36N4OS/c1-22-10-14-29(15-11-22)41-30-16-12-28(13-17-30)40-35(33(38-36(40)42)32-9-7-8-18-37-32)31-21-26(5)39(27(31)6)34-24(3)19-23(2)20-25(34)4/h7-21,33,35H,1-6H3,(H,38,42)/t33-,35+/m1/s1. The Hall–Kier alpha value is -4.42. The molecule has 2 aromatic heterocycles. The van der Waals surface area contributed by atoms with Crippen LogP contribution in [-0.4, -0.2) is 14.7 Å². The van der Waals surface area contributed by atoms with Crippen molar-refractivity contribution in [3.63, 3.8) is 0 Å². The number of aryl methyl sites for hydroxylation is 5. The molecule has 5 nitrogen and oxygen atoms in total. The van der Waals surface area contributed by atoms with Crippen molar-refractivity contribution in [1.82, 2.24) is 14.9 Å². The van der Waals surface area contributed by atoms with Gasteiger partial charge in [-0.1, -0.05) is 41.5 Å². The Kier molecular flexibility index (Phi) is 7.33. The summed E-state index contributed by atoms with van der Waals surface area (Å²) in [4.78, 5) is 6.97. The van der Waals surface area contributed by atoms with E-state index >= 15 is 0 Å². The van der Waals surface area contributed by atoms with E-state index in [9.17, 15) is 0 Å². The topological polar surface area (TPSA) is 42.3 Å². The highest BCUT2D eigenvalue weighted by molar-refractivity contribution is 7.80. The second-order valence-electron chi connectivity index (χ2n) is 11.3. The first-order valence-electron chi connectivity index (χ1n) is 14.3. The molecule has 3 heterocycles. The minimum absolute atomic E-state index is 0.0951. The fourth-order valence-electron chi connectivity index (χ4n) is 6.32. The van der Waals surface area contributed by atoms with E-state index in [2.05, 4.69) is 105 Å². The summed E-state index contributed by atoms with van der Waals surface area (Å²) in [6, 6.07) is 28.9. The van der Waals surface area contributed by atoms with Crippen molar-refractivity contribution in [2.45, 2.75) is 53.6 Å². The zero-order valence-electron chi connectivity index (χ0n) is 25.0. The number of benzene rings is 3. The van der Waals surface area contributed by atoms with Crippen molar-refractivity contribution in [3.05, 3.63) is 136 Å². The first-order valence-corrected chi connectivity index (χ1v) is 14.7. The van der Waals surface area contributed by atoms with Crippen molar-refractivity contribution in [2.24, 2.45) is 0 Å². The second kappa shape index (κ2) is 11.1. The predicted octanol–water partition coefficient (Wildman–Crippen LogP) is 8.69. The van der Waals surface area contributed by atoms with Crippen molar-refractivity contribution in [2.75, 3.05) is 4.90 Å². The Balaban J connectivity index is 1.43. The number of hydrogen-bond acceptors (Lipinski definition) is 3. The molecule has 6 rings (SSSR count). The van der Waals surface area contributed by atoms with Gasteiger partial charge in [0.05, 0.1) is 23.5 Å². The number of aromatic nitrogens is 2. The van der Waals surface area contributed by atoms with Gasteiger partial charge in [0.15, 0.2) is 5.11 Å². The summed E-state index contributed by atoms with van der Waals surface area (Å²) in [5.41, 5.74) is 11.8. The Morgan fingerprint density at radius 2 is 1.40 bits per heavy atom. The van der Waals surface area contributed by atoms with Gasteiger partial charge in [0.25, 0.3) is 0 Å². The van der Waals surface area contributed by atoms with Crippen LogP contribution in [0.15, 0.2) is 91.1 Å². The van der Waals surface area contributed by atoms with E-state index in [4.69, 9.17) is 21.9 Å². The fourth-order valence-corrected chi connectivity index (χ4v) is 6.67. The molecule has 1 saturated heterocycles. The molecule has 0 aliphatic carbocycles. The SMILES string of the molecule is Cc1ccc(Oc2ccc(N3C(=S)N[C@H](c4ccccn4)[C@@H]3c3cc(C)n(-c4c(C)cc(C)cc4C)c3C)cc2)cc1. The van der Waals surface area contributed by atoms with Crippen LogP contribution in [0, 0.1) is 41.5 Å². The molecule has 6 heteroatoms. The van der Waals surface area contributed by atoms with E-state index in [1.807, 2.05) is 42.6 Å². The van der Waals surface area contributed by atoms with Crippen molar-refractivity contribution >= 4 is 23.0 Å². The number of anilines is 1. The maximum atomic E-state index is 6.12. The van der Waals surface area contributed by atoms with Gasteiger partial charge in [-0.25, -0.2) is 0 Å². The van der Waals surface area contributed by atoms with Crippen LogP contribution in [0.1, 0.15) is 57.0 Å². The summed E-state index contributed by atoms with van der Waals surface area (Å²) in [6.07, 6.45) is 1.85. The van der Waals surface area contributed by atoms with Crippen molar-refractivity contribution in [3.8, 4) is 17.2 Å². The van der Waals surface area contributed by atoms with Gasteiger partial charge in [0, 0.05) is 23.3 Å². The molecule has 5 aromatic rings. The molecule has 0 saturated carbocycles. The van der Waals surface area contributed by atoms with Crippen LogP contribution in [0.3, 0.4) is 0 Å². The van der Waals surface area contributed by atoms with Gasteiger partial charge in [0.2, 0.25) is 0 Å². The highest BCUT2D eigenvalue weighted by Crippen LogP contribution is 2.44. The molecule has 2 atom stereocenters. The third-order valence-electron chi connectivity index (χ3n) is 8.12. The lowest BCUT2D eigenvalue weighted by Gasteiger charge is -2.28. The second-order valence-corrected chi connectivity index (χ2v) is 11.7. The molecule has 0 amide bonds. The van der Waals surface area contributed by atoms with Gasteiger partial charge >= 0.3 is 0 Å². The highest BCUT2D eigenvalue weighted by atomic mass is 32.1. The number of thiocarbonyl (C=S) groups is 1. The lowest BCUT2D eigenvalue weighted by atomic mass is 9.96. The summed E-state index contributed by atoms with van der Waals surface area (Å²) in [6.45, 7) is 13.0. The monoisotopic (exact) mass is 572 g/mol. The van der Waals surface area contributed by atoms with Crippen LogP contribution in [-0.2, 0) is 0 Å². The Morgan fingerprint density at radius 3 is 2.02 bits per heavy atom. The average Bonchev–Trinajstić information content (AvgIpc) is 3.45. The molecule has 0 radical (unpaired) electrons. The molecular weight excluding hydrogens is 536 g/mol. The number of pyridine rings is 1. The number of rotatable bonds is 6. The smallest absolute Gasteiger partial charge is 0.174 e. The summed E-state index contributed by atoms with van der Waals surface area (Å²) in [5, 5.41) is 4.28. The van der Waals surface area contributed by atoms with Crippen LogP contribution >= 0.6 is 12.2 Å². The van der Waals surface area contributed by atoms with E-state index < -0.39 is 0 Å². The van der Waals surface area contributed by atoms with Crippen LogP contribution in [0.5, 0.6) is 11.5 Å². The number of ether oxygens (including phenoxy) is 1. The third kappa shape index (κ3) is 5.07. The lowest BCUT2D eigenvalue weighted by molar-refractivity contribution is 0.482. The maximum Gasteiger partial charge on any atom is 0.174 e. The molecule has 0 unspecified atom stereocenters. The minimum Gasteiger partial charge on any atom is -0.457 e. The highest BCUT2D eigenvalue weighted by Gasteiger charge is 2.42. The van der Waals surface area contributed by atoms with E-state index in [1.165, 1.54) is 44.9 Å². The number of nitrogens with one attached hydrogen (secondary N) is 1. The summed E-state index contributed by atoms with van der Waals surface area (Å²) >= 11 is 6.01. The molecule has 1 N–H and O–H groups in total. The molecule has 0 spiro atoms. The minimum atomic E-state index is -0.114. The zero-order valence-corrected chi connectivity index (χ0v) is 25.8. The number of nitrogens with zero attached hydrogens (tertiary/aromatic N) is 3. The van der Waals surface area contributed by atoms with E-state index in [1.54, 1.807) is 0 Å². The molecule has 1 fully saturated rings. The Labute approximate surface area is 253 Å². The summed E-state index contributed by atoms with van der Waals surface area (Å²) in [7, 11) is 0. The molecule has 1 aliphatic rings. The third-order valence-corrected chi connectivity index (χ3v) is 8.43. The molecule has 212 valence electrons. The maximum absolute atomic E-state index is 6.12. The summed E-state index contributed by atoms with van der Waals surface area (Å²) in [5.74, 6) is 1.59. The molecule has 42 heavy (non-hydrogen) atoms. The van der Waals surface area contributed by atoms with Crippen molar-refractivity contribution in [1.29, 1.82) is 0 Å². The van der Waals surface area contributed by atoms with Gasteiger partial charge in [-0.05, 0) is 125 Å². The van der Waals surface area contributed by atoms with Crippen LogP contribution in [0.2, 0.25) is 0 Å². The molecule has 3 aromatic carbocycles. The summed E-state index contributed by atoms with van der Waals surface area (Å²) < 4.78 is 8.51. The molecule has 0 bridgehead atoms. The van der Waals surface area contributed by atoms with Crippen LogP contribution < -0.4 is 15.0 Å². The Bertz CT molecular complexity index is 1730. The van der Waals surface area contributed by atoms with Gasteiger partial charge < -0.3 is 19.5 Å². The quantitative estimate of drug-likeness (QED) is 0.206. The van der Waals surface area contributed by atoms with Crippen LogP contribution in [0.25, 0.3) is 5.69 Å². The zero-order chi connectivity index (χ0) is 29.5. The van der Waals surface area contributed by atoms with Gasteiger partial charge in [-0.15, -0.1) is 0 Å². The van der Waals surface area contributed by atoms with Gasteiger partial charge in [-0.2, -0.15) is 0 Å². The van der Waals surface area contributed by atoms with E-state index in [-0.39, 0.29) is 12.1 Å². The van der Waals surface area contributed by atoms with Crippen LogP contribution in [0.4, 0.5) is 5.69 Å². The first kappa shape index (κ1) is 27.7. The largest absolute Gasteiger partial charge is 0.457 e. The number of hydrogen-bond donors (Lipinski definition) is 1. The van der Waals surface area contributed by atoms with Crippen molar-refractivity contribution < 1.29 is 4.74 Å². The van der Waals surface area contributed by atoms with E-state index in [0.717, 1.165) is 22.9 Å². The lowest BCUT2D eigenvalue weighted by Crippen LogP contribution is -2.29. The fraction of sp³-hybridized carbons (Fsp3) is 0.222.